The Morgan fingerprint density at radius 2 is 1.36 bits per heavy atom. The van der Waals surface area contributed by atoms with E-state index < -0.39 is 0 Å². The van der Waals surface area contributed by atoms with Gasteiger partial charge in [-0.3, -0.25) is 4.79 Å². The number of unbranched alkanes of at least 4 members (excludes halogenated alkanes) is 11. The van der Waals surface area contributed by atoms with E-state index in [1.54, 1.807) is 24.1 Å². The van der Waals surface area contributed by atoms with Crippen molar-refractivity contribution in [3.8, 4) is 0 Å². The normalized spacial score (nSPS) is 11.1. The van der Waals surface area contributed by atoms with Crippen LogP contribution in [0.1, 0.15) is 113 Å². The smallest absolute Gasteiger partial charge is 0.338 e. The van der Waals surface area contributed by atoms with Crippen LogP contribution >= 0.6 is 0 Å². The molecule has 4 heteroatoms. The van der Waals surface area contributed by atoms with Gasteiger partial charge in [-0.15, -0.1) is 0 Å². The van der Waals surface area contributed by atoms with Gasteiger partial charge in [0, 0.05) is 13.5 Å². The van der Waals surface area contributed by atoms with E-state index in [-0.39, 0.29) is 18.5 Å². The first-order valence-corrected chi connectivity index (χ1v) is 13.2. The molecule has 0 atom stereocenters. The molecule has 0 spiro atoms. The second kappa shape index (κ2) is 19.4. The summed E-state index contributed by atoms with van der Waals surface area (Å²) < 4.78 is 5.28. The first-order valence-electron chi connectivity index (χ1n) is 13.2. The van der Waals surface area contributed by atoms with Crippen molar-refractivity contribution < 1.29 is 14.3 Å². The fourth-order valence-corrected chi connectivity index (χ4v) is 3.71. The Balaban J connectivity index is 1.94. The van der Waals surface area contributed by atoms with Crippen LogP contribution in [0.25, 0.3) is 0 Å². The number of allylic oxidation sites excluding steroid dienone is 2. The number of hydrogen-bond acceptors (Lipinski definition) is 3. The van der Waals surface area contributed by atoms with E-state index in [1.807, 2.05) is 19.1 Å². The van der Waals surface area contributed by atoms with Crippen molar-refractivity contribution in [3.63, 3.8) is 0 Å². The standard InChI is InChI=1S/C29H47NO3/c1-4-5-6-7-8-9-10-11-12-13-14-15-16-17-18-19-28(31)30(3)24-25-33-29(32)27-22-20-26(2)21-23-27/h11-12,20-23H,4-10,13-19,24-25H2,1-3H3. The maximum atomic E-state index is 12.2. The third kappa shape index (κ3) is 15.4. The summed E-state index contributed by atoms with van der Waals surface area (Å²) in [5.41, 5.74) is 1.65. The molecule has 186 valence electrons. The number of carbonyl (C=O) groups is 2. The lowest BCUT2D eigenvalue weighted by Gasteiger charge is -2.17. The SMILES string of the molecule is CCCCCCCCC=CCCCCCCCC(=O)N(C)CCOC(=O)c1ccc(C)cc1. The van der Waals surface area contributed by atoms with E-state index in [9.17, 15) is 9.59 Å². The topological polar surface area (TPSA) is 46.6 Å². The van der Waals surface area contributed by atoms with Gasteiger partial charge in [0.1, 0.15) is 6.61 Å². The number of ether oxygens (including phenoxy) is 1. The molecule has 0 bridgehead atoms. The molecular formula is C29H47NO3. The summed E-state index contributed by atoms with van der Waals surface area (Å²) in [6.45, 7) is 4.90. The van der Waals surface area contributed by atoms with Crippen LogP contribution in [-0.2, 0) is 9.53 Å². The molecule has 0 radical (unpaired) electrons. The molecule has 0 saturated carbocycles. The molecule has 0 fully saturated rings. The predicted molar refractivity (Wildman–Crippen MR) is 139 cm³/mol. The number of carbonyl (C=O) groups excluding carboxylic acids is 2. The summed E-state index contributed by atoms with van der Waals surface area (Å²) in [6, 6.07) is 7.30. The number of rotatable bonds is 19. The van der Waals surface area contributed by atoms with Gasteiger partial charge in [-0.25, -0.2) is 4.79 Å². The number of hydrogen-bond donors (Lipinski definition) is 0. The lowest BCUT2D eigenvalue weighted by Crippen LogP contribution is -2.30. The molecule has 1 aromatic rings. The van der Waals surface area contributed by atoms with Gasteiger partial charge in [-0.05, 0) is 51.2 Å². The molecule has 33 heavy (non-hydrogen) atoms. The van der Waals surface area contributed by atoms with Gasteiger partial charge in [0.05, 0.1) is 12.1 Å². The van der Waals surface area contributed by atoms with Crippen molar-refractivity contribution >= 4 is 11.9 Å². The van der Waals surface area contributed by atoms with Gasteiger partial charge in [-0.2, -0.15) is 0 Å². The summed E-state index contributed by atoms with van der Waals surface area (Å²) in [5, 5.41) is 0. The second-order valence-corrected chi connectivity index (χ2v) is 9.15. The minimum Gasteiger partial charge on any atom is -0.460 e. The number of likely N-dealkylation sites (N-methyl/N-ethyl adjacent to an activating group) is 1. The Kier molecular flexibility index (Phi) is 17.0. The summed E-state index contributed by atoms with van der Waals surface area (Å²) in [4.78, 5) is 25.9. The zero-order valence-electron chi connectivity index (χ0n) is 21.4. The van der Waals surface area contributed by atoms with Gasteiger partial charge in [0.15, 0.2) is 0 Å². The number of aryl methyl sites for hydroxylation is 1. The Morgan fingerprint density at radius 3 is 1.97 bits per heavy atom. The monoisotopic (exact) mass is 457 g/mol. The lowest BCUT2D eigenvalue weighted by atomic mass is 10.1. The largest absolute Gasteiger partial charge is 0.460 e. The second-order valence-electron chi connectivity index (χ2n) is 9.15. The van der Waals surface area contributed by atoms with E-state index >= 15 is 0 Å². The third-order valence-electron chi connectivity index (χ3n) is 6.03. The fraction of sp³-hybridized carbons (Fsp3) is 0.655. The molecule has 1 aromatic carbocycles. The first-order chi connectivity index (χ1) is 16.0. The van der Waals surface area contributed by atoms with Crippen LogP contribution in [0.2, 0.25) is 0 Å². The Labute approximate surface area is 202 Å². The van der Waals surface area contributed by atoms with Crippen molar-refractivity contribution in [2.45, 2.75) is 104 Å². The third-order valence-corrected chi connectivity index (χ3v) is 6.03. The van der Waals surface area contributed by atoms with Gasteiger partial charge in [0.2, 0.25) is 5.91 Å². The molecule has 0 saturated heterocycles. The lowest BCUT2D eigenvalue weighted by molar-refractivity contribution is -0.130. The highest BCUT2D eigenvalue weighted by molar-refractivity contribution is 5.89. The number of nitrogens with zero attached hydrogens (tertiary/aromatic N) is 1. The van der Waals surface area contributed by atoms with Crippen molar-refractivity contribution in [2.24, 2.45) is 0 Å². The minimum atomic E-state index is -0.340. The summed E-state index contributed by atoms with van der Waals surface area (Å²) >= 11 is 0. The van der Waals surface area contributed by atoms with E-state index in [2.05, 4.69) is 19.1 Å². The molecule has 0 aliphatic carbocycles. The Hall–Kier alpha value is -2.10. The Bertz CT molecular complexity index is 666. The minimum absolute atomic E-state index is 0.124. The molecule has 0 N–H and O–H groups in total. The molecule has 1 rings (SSSR count). The summed E-state index contributed by atoms with van der Waals surface area (Å²) in [6.07, 6.45) is 21.6. The molecule has 0 unspecified atom stereocenters. The maximum absolute atomic E-state index is 12.2. The highest BCUT2D eigenvalue weighted by atomic mass is 16.5. The average molecular weight is 458 g/mol. The van der Waals surface area contributed by atoms with Crippen LogP contribution in [-0.4, -0.2) is 37.0 Å². The zero-order valence-corrected chi connectivity index (χ0v) is 21.4. The van der Waals surface area contributed by atoms with Gasteiger partial charge in [0.25, 0.3) is 0 Å². The molecule has 0 heterocycles. The van der Waals surface area contributed by atoms with Crippen molar-refractivity contribution in [1.29, 1.82) is 0 Å². The van der Waals surface area contributed by atoms with Crippen LogP contribution in [0.5, 0.6) is 0 Å². The molecule has 0 aliphatic rings. The van der Waals surface area contributed by atoms with Gasteiger partial charge in [-0.1, -0.05) is 88.1 Å². The Morgan fingerprint density at radius 1 is 0.818 bits per heavy atom. The zero-order chi connectivity index (χ0) is 24.2. The van der Waals surface area contributed by atoms with E-state index in [0.717, 1.165) is 18.4 Å². The van der Waals surface area contributed by atoms with Gasteiger partial charge >= 0.3 is 5.97 Å². The number of esters is 1. The van der Waals surface area contributed by atoms with E-state index in [1.165, 1.54) is 70.6 Å². The molecule has 0 aliphatic heterocycles. The van der Waals surface area contributed by atoms with Gasteiger partial charge < -0.3 is 9.64 Å². The van der Waals surface area contributed by atoms with Crippen LogP contribution in [0.15, 0.2) is 36.4 Å². The van der Waals surface area contributed by atoms with Crippen molar-refractivity contribution in [3.05, 3.63) is 47.5 Å². The highest BCUT2D eigenvalue weighted by Gasteiger charge is 2.10. The van der Waals surface area contributed by atoms with Crippen molar-refractivity contribution in [1.82, 2.24) is 4.90 Å². The number of amides is 1. The van der Waals surface area contributed by atoms with Crippen LogP contribution in [0.3, 0.4) is 0 Å². The van der Waals surface area contributed by atoms with Crippen LogP contribution < -0.4 is 0 Å². The molecule has 4 nitrogen and oxygen atoms in total. The van der Waals surface area contributed by atoms with Crippen molar-refractivity contribution in [2.75, 3.05) is 20.2 Å². The van der Waals surface area contributed by atoms with Crippen LogP contribution in [0, 0.1) is 6.92 Å². The quantitative estimate of drug-likeness (QED) is 0.122. The maximum Gasteiger partial charge on any atom is 0.338 e. The average Bonchev–Trinajstić information content (AvgIpc) is 2.81. The number of benzene rings is 1. The molecule has 0 aromatic heterocycles. The fourth-order valence-electron chi connectivity index (χ4n) is 3.71. The highest BCUT2D eigenvalue weighted by Crippen LogP contribution is 2.11. The molecule has 1 amide bonds. The van der Waals surface area contributed by atoms with Crippen LogP contribution in [0.4, 0.5) is 0 Å². The summed E-state index contributed by atoms with van der Waals surface area (Å²) in [7, 11) is 1.78. The van der Waals surface area contributed by atoms with E-state index in [0.29, 0.717) is 18.5 Å². The van der Waals surface area contributed by atoms with E-state index in [4.69, 9.17) is 4.74 Å². The molecular weight excluding hydrogens is 410 g/mol. The predicted octanol–water partition coefficient (Wildman–Crippen LogP) is 7.65. The summed E-state index contributed by atoms with van der Waals surface area (Å²) in [5.74, 6) is -0.216. The first kappa shape index (κ1) is 28.9.